The van der Waals surface area contributed by atoms with Crippen molar-refractivity contribution in [2.75, 3.05) is 12.1 Å². The van der Waals surface area contributed by atoms with Crippen molar-refractivity contribution in [3.8, 4) is 11.5 Å². The first kappa shape index (κ1) is 17.2. The van der Waals surface area contributed by atoms with E-state index in [1.165, 1.54) is 25.1 Å². The number of nitro benzene ring substituents is 1. The molecule has 2 aromatic carbocycles. The molecule has 0 saturated heterocycles. The number of fused-ring (bicyclic) bond motifs is 1. The summed E-state index contributed by atoms with van der Waals surface area (Å²) in [6.45, 7) is 1.52. The van der Waals surface area contributed by atoms with Gasteiger partial charge >= 0.3 is 5.97 Å². The molecular weight excluding hydrogens is 344 g/mol. The highest BCUT2D eigenvalue weighted by Crippen LogP contribution is 2.34. The van der Waals surface area contributed by atoms with E-state index in [9.17, 15) is 19.7 Å². The maximum Gasteiger partial charge on any atom is 0.339 e. The fourth-order valence-corrected chi connectivity index (χ4v) is 2.25. The van der Waals surface area contributed by atoms with Gasteiger partial charge in [-0.2, -0.15) is 0 Å². The molecule has 0 bridgehead atoms. The first-order valence-electron chi connectivity index (χ1n) is 7.60. The lowest BCUT2D eigenvalue weighted by atomic mass is 10.2. The van der Waals surface area contributed by atoms with Gasteiger partial charge in [-0.05, 0) is 25.1 Å². The summed E-state index contributed by atoms with van der Waals surface area (Å²) in [6.07, 6.45) is -1.10. The monoisotopic (exact) mass is 358 g/mol. The molecule has 1 aliphatic heterocycles. The molecular formula is C17H14N2O7. The van der Waals surface area contributed by atoms with Gasteiger partial charge in [0.25, 0.3) is 11.6 Å². The summed E-state index contributed by atoms with van der Waals surface area (Å²) in [4.78, 5) is 34.4. The van der Waals surface area contributed by atoms with Crippen molar-refractivity contribution in [3.05, 3.63) is 58.1 Å². The number of nitro groups is 1. The zero-order valence-corrected chi connectivity index (χ0v) is 13.6. The predicted octanol–water partition coefficient (Wildman–Crippen LogP) is 2.51. The molecule has 9 nitrogen and oxygen atoms in total. The van der Waals surface area contributed by atoms with Crippen LogP contribution in [0.2, 0.25) is 0 Å². The number of carbonyl (C=O) groups excluding carboxylic acids is 2. The number of carbonyl (C=O) groups is 2. The number of rotatable bonds is 5. The number of non-ortho nitro benzene ring substituents is 1. The van der Waals surface area contributed by atoms with Crippen LogP contribution >= 0.6 is 0 Å². The Morgan fingerprint density at radius 1 is 1.19 bits per heavy atom. The van der Waals surface area contributed by atoms with Crippen LogP contribution in [0.5, 0.6) is 11.5 Å². The molecule has 1 atom stereocenters. The number of nitrogens with one attached hydrogen (secondary N) is 1. The molecule has 0 saturated carbocycles. The van der Waals surface area contributed by atoms with Crippen LogP contribution in [0.15, 0.2) is 42.5 Å². The van der Waals surface area contributed by atoms with E-state index in [1.807, 2.05) is 0 Å². The van der Waals surface area contributed by atoms with Crippen LogP contribution in [0.3, 0.4) is 0 Å². The smallest absolute Gasteiger partial charge is 0.339 e. The van der Waals surface area contributed by atoms with Crippen molar-refractivity contribution >= 4 is 23.3 Å². The minimum Gasteiger partial charge on any atom is -0.454 e. The van der Waals surface area contributed by atoms with Gasteiger partial charge in [-0.25, -0.2) is 4.79 Å². The van der Waals surface area contributed by atoms with E-state index in [-0.39, 0.29) is 18.0 Å². The Bertz CT molecular complexity index is 881. The third-order valence-electron chi connectivity index (χ3n) is 3.59. The molecule has 0 unspecified atom stereocenters. The fraction of sp³-hybridized carbons (Fsp3) is 0.176. The lowest BCUT2D eigenvalue weighted by Crippen LogP contribution is -2.30. The van der Waals surface area contributed by atoms with E-state index in [2.05, 4.69) is 5.32 Å². The number of ether oxygens (including phenoxy) is 3. The minimum absolute atomic E-state index is 0.0121. The summed E-state index contributed by atoms with van der Waals surface area (Å²) in [5, 5.41) is 13.4. The van der Waals surface area contributed by atoms with Crippen molar-refractivity contribution in [1.29, 1.82) is 0 Å². The average Bonchev–Trinajstić information content (AvgIpc) is 3.09. The molecule has 2 aromatic rings. The van der Waals surface area contributed by atoms with Crippen molar-refractivity contribution < 1.29 is 28.7 Å². The molecule has 134 valence electrons. The minimum atomic E-state index is -1.10. The van der Waals surface area contributed by atoms with Crippen molar-refractivity contribution in [2.45, 2.75) is 13.0 Å². The molecule has 1 amide bonds. The van der Waals surface area contributed by atoms with E-state index in [0.29, 0.717) is 17.2 Å². The molecule has 1 N–H and O–H groups in total. The number of esters is 1. The predicted molar refractivity (Wildman–Crippen MR) is 89.2 cm³/mol. The van der Waals surface area contributed by atoms with Crippen LogP contribution in [-0.4, -0.2) is 29.7 Å². The van der Waals surface area contributed by atoms with Crippen LogP contribution in [0, 0.1) is 10.1 Å². The molecule has 1 heterocycles. The van der Waals surface area contributed by atoms with Crippen LogP contribution in [0.25, 0.3) is 0 Å². The Morgan fingerprint density at radius 2 is 1.96 bits per heavy atom. The summed E-state index contributed by atoms with van der Waals surface area (Å²) in [7, 11) is 0. The number of nitrogens with zero attached hydrogens (tertiary/aromatic N) is 1. The van der Waals surface area contributed by atoms with E-state index in [4.69, 9.17) is 14.2 Å². The number of hydrogen-bond acceptors (Lipinski definition) is 7. The van der Waals surface area contributed by atoms with E-state index in [0.717, 1.165) is 6.07 Å². The van der Waals surface area contributed by atoms with Gasteiger partial charge in [-0.15, -0.1) is 0 Å². The molecule has 0 aliphatic carbocycles. The second-order valence-corrected chi connectivity index (χ2v) is 5.41. The van der Waals surface area contributed by atoms with Crippen LogP contribution < -0.4 is 14.8 Å². The first-order chi connectivity index (χ1) is 12.4. The van der Waals surface area contributed by atoms with Crippen LogP contribution in [-0.2, 0) is 9.53 Å². The fourth-order valence-electron chi connectivity index (χ4n) is 2.25. The highest BCUT2D eigenvalue weighted by Gasteiger charge is 2.21. The average molecular weight is 358 g/mol. The Balaban J connectivity index is 1.62. The van der Waals surface area contributed by atoms with E-state index < -0.39 is 22.9 Å². The molecule has 3 rings (SSSR count). The highest BCUT2D eigenvalue weighted by molar-refractivity contribution is 5.97. The number of benzene rings is 2. The molecule has 1 aliphatic rings. The van der Waals surface area contributed by atoms with Gasteiger partial charge in [0, 0.05) is 23.9 Å². The van der Waals surface area contributed by atoms with Gasteiger partial charge in [0.2, 0.25) is 6.79 Å². The molecule has 0 spiro atoms. The van der Waals surface area contributed by atoms with E-state index in [1.54, 1.807) is 18.2 Å². The Morgan fingerprint density at radius 3 is 2.73 bits per heavy atom. The third-order valence-corrected chi connectivity index (χ3v) is 3.59. The maximum atomic E-state index is 12.2. The zero-order chi connectivity index (χ0) is 18.7. The lowest BCUT2D eigenvalue weighted by molar-refractivity contribution is -0.384. The Kier molecular flexibility index (Phi) is 4.70. The Hall–Kier alpha value is -3.62. The normalized spacial score (nSPS) is 13.0. The van der Waals surface area contributed by atoms with Gasteiger partial charge in [0.1, 0.15) is 0 Å². The first-order valence-corrected chi connectivity index (χ1v) is 7.60. The van der Waals surface area contributed by atoms with Gasteiger partial charge < -0.3 is 19.5 Å². The largest absolute Gasteiger partial charge is 0.454 e. The van der Waals surface area contributed by atoms with Gasteiger partial charge in [0.05, 0.1) is 10.5 Å². The molecule has 0 aromatic heterocycles. The third kappa shape index (κ3) is 3.72. The summed E-state index contributed by atoms with van der Waals surface area (Å²) in [6, 6.07) is 9.95. The van der Waals surface area contributed by atoms with Crippen LogP contribution in [0.4, 0.5) is 11.4 Å². The topological polar surface area (TPSA) is 117 Å². The Labute approximate surface area is 147 Å². The molecule has 9 heteroatoms. The van der Waals surface area contributed by atoms with E-state index >= 15 is 0 Å². The summed E-state index contributed by atoms with van der Waals surface area (Å²) in [5.41, 5.74) is 0.205. The quantitative estimate of drug-likeness (QED) is 0.496. The SMILES string of the molecule is C[C@@H](OC(=O)c1cccc([N+](=O)[O-])c1)C(=O)Nc1ccc2c(c1)OCO2. The standard InChI is InChI=1S/C17H14N2O7/c1-10(26-17(21)11-3-2-4-13(7-11)19(22)23)16(20)18-12-5-6-14-15(8-12)25-9-24-14/h2-8,10H,9H2,1H3,(H,18,20)/t10-/m1/s1. The highest BCUT2D eigenvalue weighted by atomic mass is 16.7. The van der Waals surface area contributed by atoms with Gasteiger partial charge in [0.15, 0.2) is 17.6 Å². The number of hydrogen-bond donors (Lipinski definition) is 1. The number of amides is 1. The summed E-state index contributed by atoms with van der Waals surface area (Å²) < 4.78 is 15.5. The van der Waals surface area contributed by atoms with Crippen molar-refractivity contribution in [2.24, 2.45) is 0 Å². The van der Waals surface area contributed by atoms with Crippen molar-refractivity contribution in [3.63, 3.8) is 0 Å². The second kappa shape index (κ2) is 7.09. The zero-order valence-electron chi connectivity index (χ0n) is 13.6. The molecule has 26 heavy (non-hydrogen) atoms. The second-order valence-electron chi connectivity index (χ2n) is 5.41. The van der Waals surface area contributed by atoms with Gasteiger partial charge in [-0.1, -0.05) is 6.07 Å². The molecule has 0 radical (unpaired) electrons. The summed E-state index contributed by atoms with van der Waals surface area (Å²) >= 11 is 0. The lowest BCUT2D eigenvalue weighted by Gasteiger charge is -2.13. The maximum absolute atomic E-state index is 12.2. The van der Waals surface area contributed by atoms with Gasteiger partial charge in [-0.3, -0.25) is 14.9 Å². The molecule has 0 fully saturated rings. The summed E-state index contributed by atoms with van der Waals surface area (Å²) in [5.74, 6) is -0.304. The van der Waals surface area contributed by atoms with Crippen molar-refractivity contribution in [1.82, 2.24) is 0 Å². The number of anilines is 1. The van der Waals surface area contributed by atoms with Crippen LogP contribution in [0.1, 0.15) is 17.3 Å².